The molecule has 2 unspecified atom stereocenters. The molecule has 2 N–H and O–H groups in total. The minimum absolute atomic E-state index is 0.146. The SMILES string of the molecule is O=C(CC1CCCO1)NCCC1CCCCN1. The van der Waals surface area contributed by atoms with E-state index >= 15 is 0 Å². The highest BCUT2D eigenvalue weighted by Crippen LogP contribution is 2.15. The molecule has 2 heterocycles. The number of carbonyl (C=O) groups is 1. The summed E-state index contributed by atoms with van der Waals surface area (Å²) in [6, 6.07) is 0.604. The third-order valence-corrected chi connectivity index (χ3v) is 3.66. The lowest BCUT2D eigenvalue weighted by atomic mass is 10.0. The molecule has 0 saturated carbocycles. The van der Waals surface area contributed by atoms with Crippen LogP contribution in [0.4, 0.5) is 0 Å². The van der Waals surface area contributed by atoms with Crippen LogP contribution in [-0.2, 0) is 9.53 Å². The van der Waals surface area contributed by atoms with Crippen LogP contribution in [0.25, 0.3) is 0 Å². The van der Waals surface area contributed by atoms with E-state index in [2.05, 4.69) is 10.6 Å². The predicted molar refractivity (Wildman–Crippen MR) is 66.9 cm³/mol. The summed E-state index contributed by atoms with van der Waals surface area (Å²) in [5, 5.41) is 6.49. The van der Waals surface area contributed by atoms with Gasteiger partial charge in [0.05, 0.1) is 12.5 Å². The monoisotopic (exact) mass is 240 g/mol. The maximum atomic E-state index is 11.6. The summed E-state index contributed by atoms with van der Waals surface area (Å²) in [5.74, 6) is 0.146. The Balaban J connectivity index is 1.53. The molecular formula is C13H24N2O2. The largest absolute Gasteiger partial charge is 0.378 e. The summed E-state index contributed by atoms with van der Waals surface area (Å²) in [6.07, 6.45) is 7.77. The Morgan fingerprint density at radius 3 is 2.94 bits per heavy atom. The van der Waals surface area contributed by atoms with Crippen LogP contribution in [-0.4, -0.2) is 37.7 Å². The lowest BCUT2D eigenvalue weighted by Gasteiger charge is -2.23. The first-order chi connectivity index (χ1) is 8.34. The first kappa shape index (κ1) is 12.8. The molecule has 17 heavy (non-hydrogen) atoms. The smallest absolute Gasteiger partial charge is 0.222 e. The number of hydrogen-bond donors (Lipinski definition) is 2. The highest BCUT2D eigenvalue weighted by atomic mass is 16.5. The molecule has 4 nitrogen and oxygen atoms in total. The first-order valence-electron chi connectivity index (χ1n) is 6.96. The van der Waals surface area contributed by atoms with Crippen LogP contribution >= 0.6 is 0 Å². The fraction of sp³-hybridized carbons (Fsp3) is 0.923. The fourth-order valence-corrected chi connectivity index (χ4v) is 2.64. The third kappa shape index (κ3) is 4.64. The van der Waals surface area contributed by atoms with Gasteiger partial charge < -0.3 is 15.4 Å². The molecule has 0 aromatic heterocycles. The maximum Gasteiger partial charge on any atom is 0.222 e. The van der Waals surface area contributed by atoms with Crippen LogP contribution in [0, 0.1) is 0 Å². The number of carbonyl (C=O) groups excluding carboxylic acids is 1. The Morgan fingerprint density at radius 1 is 1.29 bits per heavy atom. The molecule has 2 fully saturated rings. The van der Waals surface area contributed by atoms with Gasteiger partial charge in [0.1, 0.15) is 0 Å². The van der Waals surface area contributed by atoms with Gasteiger partial charge in [0, 0.05) is 19.2 Å². The van der Waals surface area contributed by atoms with Gasteiger partial charge in [-0.1, -0.05) is 6.42 Å². The van der Waals surface area contributed by atoms with Crippen LogP contribution in [0.3, 0.4) is 0 Å². The molecule has 2 saturated heterocycles. The summed E-state index contributed by atoms with van der Waals surface area (Å²) >= 11 is 0. The molecular weight excluding hydrogens is 216 g/mol. The van der Waals surface area contributed by atoms with E-state index in [-0.39, 0.29) is 12.0 Å². The van der Waals surface area contributed by atoms with E-state index in [1.165, 1.54) is 19.3 Å². The van der Waals surface area contributed by atoms with Crippen LogP contribution in [0.1, 0.15) is 44.9 Å². The highest BCUT2D eigenvalue weighted by molar-refractivity contribution is 5.76. The number of amides is 1. The Kier molecular flexibility index (Phi) is 5.26. The maximum absolute atomic E-state index is 11.6. The number of piperidine rings is 1. The second-order valence-corrected chi connectivity index (χ2v) is 5.12. The average Bonchev–Trinajstić information content (AvgIpc) is 2.83. The van der Waals surface area contributed by atoms with Crippen LogP contribution in [0.5, 0.6) is 0 Å². The predicted octanol–water partition coefficient (Wildman–Crippen LogP) is 1.20. The second-order valence-electron chi connectivity index (χ2n) is 5.12. The number of ether oxygens (including phenoxy) is 1. The molecule has 2 atom stereocenters. The molecule has 0 spiro atoms. The molecule has 2 rings (SSSR count). The molecule has 0 aromatic rings. The topological polar surface area (TPSA) is 50.4 Å². The zero-order chi connectivity index (χ0) is 11.9. The standard InChI is InChI=1S/C13H24N2O2/c16-13(10-12-5-3-9-17-12)15-8-6-11-4-1-2-7-14-11/h11-12,14H,1-10H2,(H,15,16). The second kappa shape index (κ2) is 6.97. The van der Waals surface area contributed by atoms with E-state index < -0.39 is 0 Å². The van der Waals surface area contributed by atoms with Crippen molar-refractivity contribution >= 4 is 5.91 Å². The molecule has 0 bridgehead atoms. The number of hydrogen-bond acceptors (Lipinski definition) is 3. The van der Waals surface area contributed by atoms with Crippen molar-refractivity contribution in [2.75, 3.05) is 19.7 Å². The van der Waals surface area contributed by atoms with Crippen molar-refractivity contribution in [1.29, 1.82) is 0 Å². The van der Waals surface area contributed by atoms with Crippen molar-refractivity contribution in [3.05, 3.63) is 0 Å². The summed E-state index contributed by atoms with van der Waals surface area (Å²) < 4.78 is 5.45. The van der Waals surface area contributed by atoms with Crippen LogP contribution in [0.2, 0.25) is 0 Å². The van der Waals surface area contributed by atoms with Gasteiger partial charge in [0.15, 0.2) is 0 Å². The molecule has 0 radical (unpaired) electrons. The summed E-state index contributed by atoms with van der Waals surface area (Å²) in [4.78, 5) is 11.6. The zero-order valence-corrected chi connectivity index (χ0v) is 10.5. The molecule has 0 aliphatic carbocycles. The Labute approximate surface area is 103 Å². The van der Waals surface area contributed by atoms with Gasteiger partial charge in [-0.05, 0) is 38.6 Å². The summed E-state index contributed by atoms with van der Waals surface area (Å²) in [6.45, 7) is 2.75. The minimum atomic E-state index is 0.146. The molecule has 0 aromatic carbocycles. The van der Waals surface area contributed by atoms with E-state index in [0.717, 1.165) is 39.0 Å². The summed E-state index contributed by atoms with van der Waals surface area (Å²) in [5.41, 5.74) is 0. The Bertz CT molecular complexity index is 234. The Hall–Kier alpha value is -0.610. The van der Waals surface area contributed by atoms with E-state index in [9.17, 15) is 4.79 Å². The minimum Gasteiger partial charge on any atom is -0.378 e. The van der Waals surface area contributed by atoms with Gasteiger partial charge in [-0.25, -0.2) is 0 Å². The summed E-state index contributed by atoms with van der Waals surface area (Å²) in [7, 11) is 0. The fourth-order valence-electron chi connectivity index (χ4n) is 2.64. The van der Waals surface area contributed by atoms with Gasteiger partial charge in [0.2, 0.25) is 5.91 Å². The van der Waals surface area contributed by atoms with Crippen molar-refractivity contribution in [3.8, 4) is 0 Å². The molecule has 2 aliphatic heterocycles. The molecule has 98 valence electrons. The van der Waals surface area contributed by atoms with Crippen LogP contribution < -0.4 is 10.6 Å². The molecule has 4 heteroatoms. The van der Waals surface area contributed by atoms with Gasteiger partial charge >= 0.3 is 0 Å². The van der Waals surface area contributed by atoms with E-state index in [0.29, 0.717) is 12.5 Å². The zero-order valence-electron chi connectivity index (χ0n) is 10.5. The van der Waals surface area contributed by atoms with E-state index in [1.54, 1.807) is 0 Å². The Morgan fingerprint density at radius 2 is 2.24 bits per heavy atom. The van der Waals surface area contributed by atoms with Crippen molar-refractivity contribution in [2.45, 2.75) is 57.1 Å². The van der Waals surface area contributed by atoms with Gasteiger partial charge in [-0.2, -0.15) is 0 Å². The van der Waals surface area contributed by atoms with E-state index in [4.69, 9.17) is 4.74 Å². The quantitative estimate of drug-likeness (QED) is 0.759. The average molecular weight is 240 g/mol. The van der Waals surface area contributed by atoms with Crippen molar-refractivity contribution in [2.24, 2.45) is 0 Å². The van der Waals surface area contributed by atoms with Crippen molar-refractivity contribution in [1.82, 2.24) is 10.6 Å². The van der Waals surface area contributed by atoms with Crippen molar-refractivity contribution in [3.63, 3.8) is 0 Å². The van der Waals surface area contributed by atoms with Gasteiger partial charge in [0.25, 0.3) is 0 Å². The first-order valence-corrected chi connectivity index (χ1v) is 6.96. The van der Waals surface area contributed by atoms with Crippen molar-refractivity contribution < 1.29 is 9.53 Å². The van der Waals surface area contributed by atoms with Gasteiger partial charge in [-0.3, -0.25) is 4.79 Å². The van der Waals surface area contributed by atoms with Gasteiger partial charge in [-0.15, -0.1) is 0 Å². The lowest BCUT2D eigenvalue weighted by Crippen LogP contribution is -2.37. The molecule has 2 aliphatic rings. The number of rotatable bonds is 5. The third-order valence-electron chi connectivity index (χ3n) is 3.66. The lowest BCUT2D eigenvalue weighted by molar-refractivity contribution is -0.123. The highest BCUT2D eigenvalue weighted by Gasteiger charge is 2.19. The number of nitrogens with one attached hydrogen (secondary N) is 2. The van der Waals surface area contributed by atoms with Crippen LogP contribution in [0.15, 0.2) is 0 Å². The molecule has 1 amide bonds. The van der Waals surface area contributed by atoms with E-state index in [1.807, 2.05) is 0 Å². The normalized spacial score (nSPS) is 29.2.